The van der Waals surface area contributed by atoms with Gasteiger partial charge in [-0.15, -0.1) is 0 Å². The largest absolute Gasteiger partial charge is 0.394 e. The van der Waals surface area contributed by atoms with E-state index in [9.17, 15) is 25.4 Å². The highest BCUT2D eigenvalue weighted by atomic mass is 16.6. The molecule has 0 heterocycles. The van der Waals surface area contributed by atoms with E-state index in [0.29, 0.717) is 11.3 Å². The molecule has 1 aromatic rings. The highest BCUT2D eigenvalue weighted by molar-refractivity contribution is 5.54. The Balaban J connectivity index is 2.66. The molecule has 0 amide bonds. The van der Waals surface area contributed by atoms with Crippen LogP contribution < -0.4 is 5.32 Å². The van der Waals surface area contributed by atoms with Crippen molar-refractivity contribution in [1.82, 2.24) is 0 Å². The quantitative estimate of drug-likeness (QED) is 0.333. The molecule has 0 aliphatic rings. The minimum absolute atomic E-state index is 0.0552. The van der Waals surface area contributed by atoms with Crippen molar-refractivity contribution in [2.45, 2.75) is 25.2 Å². The Labute approximate surface area is 115 Å². The van der Waals surface area contributed by atoms with E-state index in [1.165, 1.54) is 6.07 Å². The Bertz CT molecular complexity index is 467. The van der Waals surface area contributed by atoms with E-state index in [4.69, 9.17) is 5.11 Å². The monoisotopic (exact) mass is 286 g/mol. The van der Waals surface area contributed by atoms with Gasteiger partial charge in [0.05, 0.1) is 17.6 Å². The molecule has 0 saturated carbocycles. The first-order valence-corrected chi connectivity index (χ1v) is 6.00. The van der Waals surface area contributed by atoms with Gasteiger partial charge in [-0.25, -0.2) is 0 Å². The zero-order valence-corrected chi connectivity index (χ0v) is 10.9. The predicted octanol–water partition coefficient (Wildman–Crippen LogP) is -0.610. The van der Waals surface area contributed by atoms with Crippen LogP contribution in [-0.4, -0.2) is 56.8 Å². The number of aliphatic hydroxyl groups is 4. The van der Waals surface area contributed by atoms with Crippen LogP contribution in [0.2, 0.25) is 0 Å². The molecule has 20 heavy (non-hydrogen) atoms. The highest BCUT2D eigenvalue weighted by Crippen LogP contribution is 2.22. The molecular formula is C12H18N2O6. The van der Waals surface area contributed by atoms with Crippen LogP contribution in [0, 0.1) is 17.0 Å². The first-order chi connectivity index (χ1) is 9.36. The average molecular weight is 286 g/mol. The second kappa shape index (κ2) is 7.15. The van der Waals surface area contributed by atoms with Gasteiger partial charge in [-0.2, -0.15) is 0 Å². The summed E-state index contributed by atoms with van der Waals surface area (Å²) >= 11 is 0. The molecule has 0 aromatic heterocycles. The number of aliphatic hydroxyl groups excluding tert-OH is 4. The zero-order valence-electron chi connectivity index (χ0n) is 10.9. The van der Waals surface area contributed by atoms with E-state index in [-0.39, 0.29) is 12.2 Å². The number of nitro benzene ring substituents is 1. The summed E-state index contributed by atoms with van der Waals surface area (Å²) in [7, 11) is 0. The van der Waals surface area contributed by atoms with Crippen LogP contribution in [0.15, 0.2) is 18.2 Å². The number of nitro groups is 1. The number of benzene rings is 1. The predicted molar refractivity (Wildman–Crippen MR) is 71.4 cm³/mol. The van der Waals surface area contributed by atoms with Crippen LogP contribution >= 0.6 is 0 Å². The van der Waals surface area contributed by atoms with Gasteiger partial charge in [-0.05, 0) is 13.0 Å². The van der Waals surface area contributed by atoms with Crippen molar-refractivity contribution < 1.29 is 25.3 Å². The number of rotatable bonds is 7. The lowest BCUT2D eigenvalue weighted by Gasteiger charge is -2.22. The maximum Gasteiger partial charge on any atom is 0.274 e. The molecule has 8 heteroatoms. The van der Waals surface area contributed by atoms with Crippen LogP contribution in [-0.2, 0) is 0 Å². The molecule has 0 unspecified atom stereocenters. The molecule has 1 rings (SSSR count). The Morgan fingerprint density at radius 1 is 1.30 bits per heavy atom. The first kappa shape index (κ1) is 16.3. The maximum atomic E-state index is 10.8. The summed E-state index contributed by atoms with van der Waals surface area (Å²) in [6.45, 7) is 0.810. The van der Waals surface area contributed by atoms with Gasteiger partial charge >= 0.3 is 0 Å². The van der Waals surface area contributed by atoms with Crippen molar-refractivity contribution in [3.63, 3.8) is 0 Å². The third-order valence-electron chi connectivity index (χ3n) is 2.90. The Hall–Kier alpha value is -1.74. The van der Waals surface area contributed by atoms with Gasteiger partial charge in [0.25, 0.3) is 5.69 Å². The second-order valence-electron chi connectivity index (χ2n) is 4.45. The number of anilines is 1. The summed E-state index contributed by atoms with van der Waals surface area (Å²) in [5.74, 6) is 0. The van der Waals surface area contributed by atoms with Crippen LogP contribution in [0.4, 0.5) is 11.4 Å². The third-order valence-corrected chi connectivity index (χ3v) is 2.90. The SMILES string of the molecule is Cc1ccc(NC[C@H](O)[C@H](O)[C@H](O)CO)cc1[N+](=O)[O-]. The molecule has 0 spiro atoms. The van der Waals surface area contributed by atoms with Crippen molar-refractivity contribution in [3.05, 3.63) is 33.9 Å². The molecule has 3 atom stereocenters. The average Bonchev–Trinajstić information content (AvgIpc) is 2.43. The summed E-state index contributed by atoms with van der Waals surface area (Å²) in [6.07, 6.45) is -4.27. The van der Waals surface area contributed by atoms with Crippen LogP contribution in [0.25, 0.3) is 0 Å². The van der Waals surface area contributed by atoms with Gasteiger partial charge in [-0.3, -0.25) is 10.1 Å². The normalized spacial score (nSPS) is 15.4. The molecule has 0 bridgehead atoms. The van der Waals surface area contributed by atoms with Crippen molar-refractivity contribution in [3.8, 4) is 0 Å². The lowest BCUT2D eigenvalue weighted by Crippen LogP contribution is -2.42. The minimum atomic E-state index is -1.51. The molecule has 112 valence electrons. The van der Waals surface area contributed by atoms with Gasteiger partial charge in [0.2, 0.25) is 0 Å². The number of hydrogen-bond acceptors (Lipinski definition) is 7. The molecule has 0 fully saturated rings. The summed E-state index contributed by atoms with van der Waals surface area (Å²) in [4.78, 5) is 10.3. The topological polar surface area (TPSA) is 136 Å². The van der Waals surface area contributed by atoms with Crippen molar-refractivity contribution in [2.24, 2.45) is 0 Å². The Kier molecular flexibility index (Phi) is 5.83. The highest BCUT2D eigenvalue weighted by Gasteiger charge is 2.23. The Morgan fingerprint density at radius 2 is 1.95 bits per heavy atom. The smallest absolute Gasteiger partial charge is 0.274 e. The van der Waals surface area contributed by atoms with Crippen LogP contribution in [0.5, 0.6) is 0 Å². The van der Waals surface area contributed by atoms with Crippen molar-refractivity contribution >= 4 is 11.4 Å². The second-order valence-corrected chi connectivity index (χ2v) is 4.45. The number of nitrogens with one attached hydrogen (secondary N) is 1. The zero-order chi connectivity index (χ0) is 15.3. The molecule has 1 aromatic carbocycles. The lowest BCUT2D eigenvalue weighted by atomic mass is 10.1. The fourth-order valence-corrected chi connectivity index (χ4v) is 1.62. The van der Waals surface area contributed by atoms with Crippen LogP contribution in [0.3, 0.4) is 0 Å². The standard InChI is InChI=1S/C12H18N2O6/c1-7-2-3-8(4-9(7)14(19)20)13-5-10(16)12(18)11(17)6-15/h2-4,10-13,15-18H,5-6H2,1H3/t10-,11+,12-/m0/s1. The first-order valence-electron chi connectivity index (χ1n) is 6.00. The number of aryl methyl sites for hydroxylation is 1. The molecular weight excluding hydrogens is 268 g/mol. The van der Waals surface area contributed by atoms with E-state index in [1.807, 2.05) is 0 Å². The van der Waals surface area contributed by atoms with E-state index in [0.717, 1.165) is 0 Å². The fraction of sp³-hybridized carbons (Fsp3) is 0.500. The summed E-state index contributed by atoms with van der Waals surface area (Å²) in [5, 5.41) is 50.4. The van der Waals surface area contributed by atoms with E-state index in [1.54, 1.807) is 19.1 Å². The molecule has 5 N–H and O–H groups in total. The number of nitrogens with zero attached hydrogens (tertiary/aromatic N) is 1. The van der Waals surface area contributed by atoms with Gasteiger partial charge in [0.15, 0.2) is 0 Å². The number of hydrogen-bond donors (Lipinski definition) is 5. The molecule has 0 aliphatic carbocycles. The van der Waals surface area contributed by atoms with Crippen LogP contribution in [0.1, 0.15) is 5.56 Å². The molecule has 0 saturated heterocycles. The third kappa shape index (κ3) is 4.14. The maximum absolute atomic E-state index is 10.8. The summed E-state index contributed by atoms with van der Waals surface area (Å²) in [5.41, 5.74) is 0.865. The van der Waals surface area contributed by atoms with E-state index in [2.05, 4.69) is 5.32 Å². The van der Waals surface area contributed by atoms with Gasteiger partial charge in [0.1, 0.15) is 12.2 Å². The van der Waals surface area contributed by atoms with Crippen molar-refractivity contribution in [2.75, 3.05) is 18.5 Å². The Morgan fingerprint density at radius 3 is 2.50 bits per heavy atom. The summed E-state index contributed by atoms with van der Waals surface area (Å²) in [6, 6.07) is 4.48. The lowest BCUT2D eigenvalue weighted by molar-refractivity contribution is -0.385. The molecule has 0 radical (unpaired) electrons. The summed E-state index contributed by atoms with van der Waals surface area (Å²) < 4.78 is 0. The molecule has 0 aliphatic heterocycles. The van der Waals surface area contributed by atoms with Gasteiger partial charge in [0, 0.05) is 23.9 Å². The molecule has 8 nitrogen and oxygen atoms in total. The van der Waals surface area contributed by atoms with Crippen molar-refractivity contribution in [1.29, 1.82) is 0 Å². The van der Waals surface area contributed by atoms with Gasteiger partial charge in [-0.1, -0.05) is 6.07 Å². The fourth-order valence-electron chi connectivity index (χ4n) is 1.62. The minimum Gasteiger partial charge on any atom is -0.394 e. The van der Waals surface area contributed by atoms with Gasteiger partial charge < -0.3 is 25.7 Å². The van der Waals surface area contributed by atoms with E-state index < -0.39 is 29.8 Å². The van der Waals surface area contributed by atoms with E-state index >= 15 is 0 Å².